The summed E-state index contributed by atoms with van der Waals surface area (Å²) >= 11 is 0. The fraction of sp³-hybridized carbons (Fsp3) is 0.909. The predicted molar refractivity (Wildman–Crippen MR) is 56.9 cm³/mol. The lowest BCUT2D eigenvalue weighted by Crippen LogP contribution is -2.11. The number of rotatable bonds is 5. The van der Waals surface area contributed by atoms with Crippen molar-refractivity contribution in [2.45, 2.75) is 59.8 Å². The Balaban J connectivity index is 0. The maximum absolute atomic E-state index is 10.4. The van der Waals surface area contributed by atoms with Crippen molar-refractivity contribution in [2.75, 3.05) is 0 Å². The van der Waals surface area contributed by atoms with E-state index in [0.717, 1.165) is 25.7 Å². The van der Waals surface area contributed by atoms with Crippen molar-refractivity contribution in [3.05, 3.63) is 0 Å². The van der Waals surface area contributed by atoms with E-state index in [1.165, 1.54) is 6.42 Å². The van der Waals surface area contributed by atoms with Gasteiger partial charge in [0.25, 0.3) is 0 Å². The first kappa shape index (κ1) is 15.0. The Morgan fingerprint density at radius 3 is 1.92 bits per heavy atom. The Morgan fingerprint density at radius 1 is 1.23 bits per heavy atom. The molecular formula is C11H24O2. The van der Waals surface area contributed by atoms with Gasteiger partial charge < -0.3 is 5.11 Å². The number of hydrogen-bond acceptors (Lipinski definition) is 1. The molecule has 1 N–H and O–H groups in total. The minimum Gasteiger partial charge on any atom is -0.481 e. The van der Waals surface area contributed by atoms with Gasteiger partial charge in [0.15, 0.2) is 0 Å². The maximum Gasteiger partial charge on any atom is 0.306 e. The SMILES string of the molecule is CCC.CCCCC(CC)C(=O)O. The largest absolute Gasteiger partial charge is 0.481 e. The number of carboxylic acid groups (broad SMARTS) is 1. The van der Waals surface area contributed by atoms with E-state index in [0.29, 0.717) is 0 Å². The van der Waals surface area contributed by atoms with Crippen LogP contribution >= 0.6 is 0 Å². The van der Waals surface area contributed by atoms with E-state index in [4.69, 9.17) is 5.11 Å². The lowest BCUT2D eigenvalue weighted by Gasteiger charge is -2.06. The van der Waals surface area contributed by atoms with Crippen LogP contribution in [0.4, 0.5) is 0 Å². The first-order valence-electron chi connectivity index (χ1n) is 5.36. The van der Waals surface area contributed by atoms with Crippen LogP contribution in [0.2, 0.25) is 0 Å². The van der Waals surface area contributed by atoms with Gasteiger partial charge in [-0.05, 0) is 12.8 Å². The van der Waals surface area contributed by atoms with Gasteiger partial charge in [0.1, 0.15) is 0 Å². The monoisotopic (exact) mass is 188 g/mol. The highest BCUT2D eigenvalue weighted by molar-refractivity contribution is 5.69. The first-order chi connectivity index (χ1) is 6.13. The van der Waals surface area contributed by atoms with E-state index < -0.39 is 5.97 Å². The van der Waals surface area contributed by atoms with Crippen molar-refractivity contribution in [3.63, 3.8) is 0 Å². The van der Waals surface area contributed by atoms with E-state index in [9.17, 15) is 4.79 Å². The zero-order chi connectivity index (χ0) is 10.7. The van der Waals surface area contributed by atoms with Crippen LogP contribution in [-0.2, 0) is 4.79 Å². The third kappa shape index (κ3) is 11.5. The molecule has 0 rings (SSSR count). The van der Waals surface area contributed by atoms with Crippen LogP contribution in [0, 0.1) is 5.92 Å². The Bertz CT molecular complexity index is 111. The van der Waals surface area contributed by atoms with Gasteiger partial charge in [0.2, 0.25) is 0 Å². The predicted octanol–water partition coefficient (Wildman–Crippen LogP) is 3.70. The first-order valence-corrected chi connectivity index (χ1v) is 5.36. The van der Waals surface area contributed by atoms with Gasteiger partial charge >= 0.3 is 5.97 Å². The van der Waals surface area contributed by atoms with Crippen LogP contribution in [-0.4, -0.2) is 11.1 Å². The summed E-state index contributed by atoms with van der Waals surface area (Å²) in [7, 11) is 0. The van der Waals surface area contributed by atoms with Crippen LogP contribution in [0.25, 0.3) is 0 Å². The molecule has 0 aromatic rings. The fourth-order valence-electron chi connectivity index (χ4n) is 0.953. The van der Waals surface area contributed by atoms with Gasteiger partial charge in [-0.3, -0.25) is 4.79 Å². The number of carbonyl (C=O) groups is 1. The van der Waals surface area contributed by atoms with Crippen LogP contribution < -0.4 is 0 Å². The fourth-order valence-corrected chi connectivity index (χ4v) is 0.953. The minimum absolute atomic E-state index is 0.111. The van der Waals surface area contributed by atoms with E-state index in [2.05, 4.69) is 20.8 Å². The van der Waals surface area contributed by atoms with E-state index in [-0.39, 0.29) is 5.92 Å². The zero-order valence-electron chi connectivity index (χ0n) is 9.47. The van der Waals surface area contributed by atoms with Gasteiger partial charge in [-0.15, -0.1) is 0 Å². The molecule has 0 aromatic carbocycles. The number of hydrogen-bond donors (Lipinski definition) is 1. The third-order valence-corrected chi connectivity index (χ3v) is 1.75. The molecule has 0 heterocycles. The highest BCUT2D eigenvalue weighted by Crippen LogP contribution is 2.11. The summed E-state index contributed by atoms with van der Waals surface area (Å²) in [5.41, 5.74) is 0. The van der Waals surface area contributed by atoms with Crippen molar-refractivity contribution < 1.29 is 9.90 Å². The van der Waals surface area contributed by atoms with Crippen molar-refractivity contribution in [1.82, 2.24) is 0 Å². The molecule has 0 bridgehead atoms. The number of aliphatic carboxylic acids is 1. The molecule has 0 aliphatic rings. The second-order valence-corrected chi connectivity index (χ2v) is 3.29. The number of unbranched alkanes of at least 4 members (excludes halogenated alkanes) is 1. The van der Waals surface area contributed by atoms with E-state index in [1.54, 1.807) is 0 Å². The molecule has 0 saturated carbocycles. The molecule has 0 aliphatic heterocycles. The third-order valence-electron chi connectivity index (χ3n) is 1.75. The lowest BCUT2D eigenvalue weighted by atomic mass is 10.00. The van der Waals surface area contributed by atoms with E-state index >= 15 is 0 Å². The normalized spacial score (nSPS) is 11.4. The van der Waals surface area contributed by atoms with Gasteiger partial charge in [-0.2, -0.15) is 0 Å². The zero-order valence-corrected chi connectivity index (χ0v) is 9.47. The topological polar surface area (TPSA) is 37.3 Å². The minimum atomic E-state index is -0.643. The second kappa shape index (κ2) is 11.5. The van der Waals surface area contributed by atoms with Crippen molar-refractivity contribution in [1.29, 1.82) is 0 Å². The summed E-state index contributed by atoms with van der Waals surface area (Å²) in [5, 5.41) is 8.60. The van der Waals surface area contributed by atoms with Crippen molar-refractivity contribution in [2.24, 2.45) is 5.92 Å². The molecule has 1 unspecified atom stereocenters. The van der Waals surface area contributed by atoms with Gasteiger partial charge in [0.05, 0.1) is 5.92 Å². The maximum atomic E-state index is 10.4. The lowest BCUT2D eigenvalue weighted by molar-refractivity contribution is -0.142. The van der Waals surface area contributed by atoms with Crippen LogP contribution in [0.1, 0.15) is 59.8 Å². The summed E-state index contributed by atoms with van der Waals surface area (Å²) < 4.78 is 0. The van der Waals surface area contributed by atoms with E-state index in [1.807, 2.05) is 6.92 Å². The Labute approximate surface area is 82.4 Å². The highest BCUT2D eigenvalue weighted by Gasteiger charge is 2.12. The molecule has 0 aromatic heterocycles. The average Bonchev–Trinajstić information content (AvgIpc) is 2.06. The van der Waals surface area contributed by atoms with Crippen molar-refractivity contribution in [3.8, 4) is 0 Å². The quantitative estimate of drug-likeness (QED) is 0.714. The molecule has 2 heteroatoms. The Kier molecular flexibility index (Phi) is 13.2. The van der Waals surface area contributed by atoms with Crippen LogP contribution in [0.3, 0.4) is 0 Å². The second-order valence-electron chi connectivity index (χ2n) is 3.29. The van der Waals surface area contributed by atoms with Crippen LogP contribution in [0.15, 0.2) is 0 Å². The summed E-state index contributed by atoms with van der Waals surface area (Å²) in [6, 6.07) is 0. The summed E-state index contributed by atoms with van der Waals surface area (Å²) in [4.78, 5) is 10.4. The molecule has 1 atom stereocenters. The summed E-state index contributed by atoms with van der Waals surface area (Å²) in [5.74, 6) is -0.754. The molecule has 0 fully saturated rings. The molecule has 0 spiro atoms. The standard InChI is InChI=1S/C8H16O2.C3H8/c1-3-5-6-7(4-2)8(9)10;1-3-2/h7H,3-6H2,1-2H3,(H,9,10);3H2,1-2H3. The molecule has 0 saturated heterocycles. The molecule has 0 aliphatic carbocycles. The van der Waals surface area contributed by atoms with Gasteiger partial charge in [0, 0.05) is 0 Å². The van der Waals surface area contributed by atoms with Crippen LogP contribution in [0.5, 0.6) is 0 Å². The summed E-state index contributed by atoms with van der Waals surface area (Å²) in [6.07, 6.45) is 4.96. The summed E-state index contributed by atoms with van der Waals surface area (Å²) in [6.45, 7) is 8.25. The van der Waals surface area contributed by atoms with Gasteiger partial charge in [-0.25, -0.2) is 0 Å². The molecule has 2 nitrogen and oxygen atoms in total. The average molecular weight is 188 g/mol. The Morgan fingerprint density at radius 2 is 1.69 bits per heavy atom. The molecule has 80 valence electrons. The molecular weight excluding hydrogens is 164 g/mol. The highest BCUT2D eigenvalue weighted by atomic mass is 16.4. The molecule has 13 heavy (non-hydrogen) atoms. The molecule has 0 radical (unpaired) electrons. The van der Waals surface area contributed by atoms with Gasteiger partial charge in [-0.1, -0.05) is 47.0 Å². The molecule has 0 amide bonds. The smallest absolute Gasteiger partial charge is 0.306 e. The Hall–Kier alpha value is -0.530. The van der Waals surface area contributed by atoms with Crippen molar-refractivity contribution >= 4 is 5.97 Å². The number of carboxylic acids is 1.